The molecule has 0 saturated carbocycles. The number of nitrogens with zero attached hydrogens (tertiary/aromatic N) is 2. The van der Waals surface area contributed by atoms with E-state index in [2.05, 4.69) is 30.6 Å². The van der Waals surface area contributed by atoms with E-state index in [-0.39, 0.29) is 76.3 Å². The Labute approximate surface area is 367 Å². The molecule has 10 aromatic rings. The van der Waals surface area contributed by atoms with Crippen molar-refractivity contribution >= 4 is 33.6 Å². The average Bonchev–Trinajstić information content (AvgIpc) is 4.13. The van der Waals surface area contributed by atoms with E-state index in [1.165, 1.54) is 60.7 Å². The van der Waals surface area contributed by atoms with Crippen molar-refractivity contribution in [2.45, 2.75) is 19.5 Å². The number of imidazole rings is 1. The zero-order chi connectivity index (χ0) is 44.6. The van der Waals surface area contributed by atoms with Gasteiger partial charge in [0.2, 0.25) is 5.91 Å². The van der Waals surface area contributed by atoms with Crippen molar-refractivity contribution in [3.05, 3.63) is 192 Å². The number of H-pyrrole nitrogens is 3. The summed E-state index contributed by atoms with van der Waals surface area (Å²) in [5, 5.41) is 7.56. The van der Waals surface area contributed by atoms with Crippen LogP contribution in [0.1, 0.15) is 27.6 Å². The molecule has 10 rings (SSSR count). The molecule has 65 heavy (non-hydrogen) atoms. The summed E-state index contributed by atoms with van der Waals surface area (Å²) in [5.74, 6) is -3.45. The first-order valence-electron chi connectivity index (χ1n) is 20.5. The average molecular weight is 870 g/mol. The van der Waals surface area contributed by atoms with E-state index in [1.54, 1.807) is 36.7 Å². The van der Waals surface area contributed by atoms with Gasteiger partial charge in [-0.3, -0.25) is 9.59 Å². The lowest BCUT2D eigenvalue weighted by atomic mass is 9.96. The summed E-state index contributed by atoms with van der Waals surface area (Å²) in [6, 6.07) is 34.6. The fraction of sp³-hybridized carbons (Fsp3) is 0.0588. The molecule has 0 aliphatic rings. The van der Waals surface area contributed by atoms with E-state index in [0.29, 0.717) is 17.1 Å². The SMILES string of the molecule is O=C(Cc1c[nH]c2ccccc12)NCc1nc(-c2cc(F)cc(-c3cc(F)cc(-c4oc(C(=O)NCc5c[nH]c6ccccc56)nc4-c4cccc(F)c4)c3)c2)c(-c2cccc(F)c2)[nH]1. The van der Waals surface area contributed by atoms with Crippen LogP contribution in [0.5, 0.6) is 0 Å². The summed E-state index contributed by atoms with van der Waals surface area (Å²) < 4.78 is 66.8. The minimum Gasteiger partial charge on any atom is -0.432 e. The number of rotatable bonds is 12. The number of nitrogens with one attached hydrogen (secondary N) is 5. The minimum atomic E-state index is -0.721. The van der Waals surface area contributed by atoms with Crippen LogP contribution in [0.3, 0.4) is 0 Å². The molecule has 0 atom stereocenters. The maximum absolute atomic E-state index is 15.8. The van der Waals surface area contributed by atoms with E-state index in [9.17, 15) is 18.4 Å². The van der Waals surface area contributed by atoms with Gasteiger partial charge in [0.1, 0.15) is 34.8 Å². The fourth-order valence-electron chi connectivity index (χ4n) is 8.02. The van der Waals surface area contributed by atoms with Gasteiger partial charge in [-0.15, -0.1) is 0 Å². The molecule has 14 heteroatoms. The number of amides is 2. The molecular formula is C51H35F4N7O3. The molecule has 0 unspecified atom stereocenters. The second kappa shape index (κ2) is 17.0. The number of halogens is 4. The second-order valence-electron chi connectivity index (χ2n) is 15.4. The summed E-state index contributed by atoms with van der Waals surface area (Å²) in [7, 11) is 0. The summed E-state index contributed by atoms with van der Waals surface area (Å²) in [6.07, 6.45) is 3.69. The lowest BCUT2D eigenvalue weighted by molar-refractivity contribution is -0.120. The van der Waals surface area contributed by atoms with Crippen molar-refractivity contribution in [2.75, 3.05) is 0 Å². The third kappa shape index (κ3) is 8.40. The first-order valence-corrected chi connectivity index (χ1v) is 20.5. The Morgan fingerprint density at radius 3 is 1.83 bits per heavy atom. The number of fused-ring (bicyclic) bond motifs is 2. The van der Waals surface area contributed by atoms with Crippen molar-refractivity contribution in [3.8, 4) is 56.2 Å². The number of para-hydroxylation sites is 2. The van der Waals surface area contributed by atoms with Gasteiger partial charge in [0.15, 0.2) is 5.76 Å². The van der Waals surface area contributed by atoms with Gasteiger partial charge in [0.05, 0.1) is 24.4 Å². The van der Waals surface area contributed by atoms with E-state index < -0.39 is 29.2 Å². The largest absolute Gasteiger partial charge is 0.432 e. The molecule has 6 aromatic carbocycles. The quantitative estimate of drug-likeness (QED) is 0.0777. The number of aromatic amines is 3. The molecule has 0 aliphatic heterocycles. The maximum Gasteiger partial charge on any atom is 0.307 e. The molecule has 0 aliphatic carbocycles. The number of hydrogen-bond donors (Lipinski definition) is 5. The lowest BCUT2D eigenvalue weighted by Gasteiger charge is -2.10. The van der Waals surface area contributed by atoms with Gasteiger partial charge in [-0.25, -0.2) is 27.5 Å². The second-order valence-corrected chi connectivity index (χ2v) is 15.4. The molecule has 0 saturated heterocycles. The van der Waals surface area contributed by atoms with Crippen LogP contribution in [0, 0.1) is 23.3 Å². The van der Waals surface area contributed by atoms with Crippen LogP contribution in [0.4, 0.5) is 17.6 Å². The van der Waals surface area contributed by atoms with Crippen molar-refractivity contribution < 1.29 is 31.6 Å². The maximum atomic E-state index is 15.8. The van der Waals surface area contributed by atoms with Crippen LogP contribution in [-0.4, -0.2) is 36.7 Å². The first kappa shape index (κ1) is 40.5. The number of hydrogen-bond acceptors (Lipinski definition) is 5. The van der Waals surface area contributed by atoms with Crippen LogP contribution in [0.2, 0.25) is 0 Å². The Balaban J connectivity index is 0.978. The Bertz CT molecular complexity index is 3440. The summed E-state index contributed by atoms with van der Waals surface area (Å²) in [5.41, 5.74) is 5.71. The molecule has 0 spiro atoms. The highest BCUT2D eigenvalue weighted by molar-refractivity contribution is 5.93. The van der Waals surface area contributed by atoms with Crippen LogP contribution in [0.15, 0.2) is 150 Å². The van der Waals surface area contributed by atoms with Crippen LogP contribution < -0.4 is 10.6 Å². The zero-order valence-corrected chi connectivity index (χ0v) is 34.1. The van der Waals surface area contributed by atoms with E-state index in [0.717, 1.165) is 32.9 Å². The topological polar surface area (TPSA) is 144 Å². The molecule has 320 valence electrons. The fourth-order valence-corrected chi connectivity index (χ4v) is 8.02. The molecule has 2 amide bonds. The number of carbonyl (C=O) groups excluding carboxylic acids is 2. The van der Waals surface area contributed by atoms with Gasteiger partial charge in [-0.1, -0.05) is 60.7 Å². The predicted molar refractivity (Wildman–Crippen MR) is 239 cm³/mol. The summed E-state index contributed by atoms with van der Waals surface area (Å²) in [6.45, 7) is 0.119. The summed E-state index contributed by atoms with van der Waals surface area (Å²) >= 11 is 0. The zero-order valence-electron chi connectivity index (χ0n) is 34.1. The van der Waals surface area contributed by atoms with Gasteiger partial charge >= 0.3 is 5.91 Å². The normalized spacial score (nSPS) is 11.4. The highest BCUT2D eigenvalue weighted by Gasteiger charge is 2.24. The van der Waals surface area contributed by atoms with Crippen molar-refractivity contribution in [3.63, 3.8) is 0 Å². The predicted octanol–water partition coefficient (Wildman–Crippen LogP) is 11.0. The lowest BCUT2D eigenvalue weighted by Crippen LogP contribution is -2.25. The summed E-state index contributed by atoms with van der Waals surface area (Å²) in [4.78, 5) is 45.4. The van der Waals surface area contributed by atoms with Crippen molar-refractivity contribution in [1.82, 2.24) is 35.6 Å². The van der Waals surface area contributed by atoms with E-state index in [1.807, 2.05) is 48.5 Å². The molecule has 0 radical (unpaired) electrons. The van der Waals surface area contributed by atoms with Gasteiger partial charge in [-0.2, -0.15) is 0 Å². The molecule has 5 N–H and O–H groups in total. The standard InChI is InChI=1S/C51H35F4N7O3/c52-36-9-5-7-28(17-36)46-47(61-44(60-46)27-58-45(63)23-34-24-56-42-13-3-1-11-40(34)42)32-15-30(19-38(54)21-32)31-16-33(22-39(55)20-31)49-48(29-8-6-10-37(53)18-29)62-51(65-49)50(64)59-26-35-25-57-43-14-4-2-12-41(35)43/h1-22,24-25,56-57H,23,26-27H2,(H,58,63)(H,59,64)(H,60,61). The van der Waals surface area contributed by atoms with Crippen LogP contribution >= 0.6 is 0 Å². The Kier molecular flexibility index (Phi) is 10.6. The molecule has 0 fully saturated rings. The molecular weight excluding hydrogens is 835 g/mol. The third-order valence-corrected chi connectivity index (χ3v) is 11.0. The Morgan fingerprint density at radius 1 is 0.538 bits per heavy atom. The minimum absolute atomic E-state index is 0.0210. The van der Waals surface area contributed by atoms with Gasteiger partial charge in [0.25, 0.3) is 5.89 Å². The highest BCUT2D eigenvalue weighted by atomic mass is 19.1. The van der Waals surface area contributed by atoms with E-state index >= 15 is 8.78 Å². The number of oxazole rings is 1. The number of aromatic nitrogens is 5. The smallest absolute Gasteiger partial charge is 0.307 e. The van der Waals surface area contributed by atoms with Gasteiger partial charge in [0, 0.05) is 63.0 Å². The number of benzene rings is 6. The molecule has 0 bridgehead atoms. The monoisotopic (exact) mass is 869 g/mol. The molecule has 4 heterocycles. The van der Waals surface area contributed by atoms with Crippen molar-refractivity contribution in [1.29, 1.82) is 0 Å². The Hall–Kier alpha value is -8.52. The molecule has 10 nitrogen and oxygen atoms in total. The number of carbonyl (C=O) groups is 2. The van der Waals surface area contributed by atoms with Crippen LogP contribution in [0.25, 0.3) is 78.0 Å². The third-order valence-electron chi connectivity index (χ3n) is 11.0. The van der Waals surface area contributed by atoms with E-state index in [4.69, 9.17) is 9.40 Å². The molecule has 4 aromatic heterocycles. The first-order chi connectivity index (χ1) is 31.6. The van der Waals surface area contributed by atoms with Gasteiger partial charge in [-0.05, 0) is 95.1 Å². The Morgan fingerprint density at radius 2 is 1.12 bits per heavy atom. The highest BCUT2D eigenvalue weighted by Crippen LogP contribution is 2.38. The van der Waals surface area contributed by atoms with Crippen molar-refractivity contribution in [2.24, 2.45) is 0 Å². The van der Waals surface area contributed by atoms with Gasteiger partial charge < -0.3 is 30.0 Å². The van der Waals surface area contributed by atoms with Crippen LogP contribution in [-0.2, 0) is 24.3 Å².